The second kappa shape index (κ2) is 8.52. The van der Waals surface area contributed by atoms with Gasteiger partial charge in [-0.2, -0.15) is 0 Å². The van der Waals surface area contributed by atoms with E-state index in [-0.39, 0.29) is 5.91 Å². The maximum Gasteiger partial charge on any atom is 0.338 e. The summed E-state index contributed by atoms with van der Waals surface area (Å²) >= 11 is 1.50. The molecule has 148 valence electrons. The predicted molar refractivity (Wildman–Crippen MR) is 107 cm³/mol. The third kappa shape index (κ3) is 3.64. The molecule has 1 unspecified atom stereocenters. The molecule has 8 heteroatoms. The molecule has 0 aromatic heterocycles. The van der Waals surface area contributed by atoms with Crippen molar-refractivity contribution < 1.29 is 23.8 Å². The molecule has 2 heterocycles. The zero-order chi connectivity index (χ0) is 20.3. The van der Waals surface area contributed by atoms with Gasteiger partial charge in [-0.05, 0) is 24.6 Å². The van der Waals surface area contributed by atoms with Gasteiger partial charge in [0.2, 0.25) is 5.91 Å². The van der Waals surface area contributed by atoms with Crippen LogP contribution in [0, 0.1) is 0 Å². The number of fused-ring (bicyclic) bond motifs is 1. The second-order valence-corrected chi connectivity index (χ2v) is 7.22. The van der Waals surface area contributed by atoms with E-state index < -0.39 is 12.0 Å². The SMILES string of the molecule is C=CCOc1ccc(C2C(C(=O)OC)=C(C)N=C3SCCC(=O)N32)cc1OC. The van der Waals surface area contributed by atoms with Crippen LogP contribution >= 0.6 is 11.8 Å². The van der Waals surface area contributed by atoms with Crippen LogP contribution in [0.25, 0.3) is 0 Å². The topological polar surface area (TPSA) is 77.4 Å². The van der Waals surface area contributed by atoms with Crippen molar-refractivity contribution in [2.24, 2.45) is 4.99 Å². The summed E-state index contributed by atoms with van der Waals surface area (Å²) in [6.45, 7) is 5.73. The number of rotatable bonds is 6. The number of nitrogens with zero attached hydrogens (tertiary/aromatic N) is 2. The molecule has 1 amide bonds. The van der Waals surface area contributed by atoms with E-state index in [9.17, 15) is 9.59 Å². The summed E-state index contributed by atoms with van der Waals surface area (Å²) in [5.41, 5.74) is 1.59. The molecule has 0 spiro atoms. The first-order valence-corrected chi connectivity index (χ1v) is 9.74. The molecule has 0 saturated carbocycles. The van der Waals surface area contributed by atoms with E-state index >= 15 is 0 Å². The summed E-state index contributed by atoms with van der Waals surface area (Å²) in [4.78, 5) is 31.3. The number of ether oxygens (including phenoxy) is 3. The largest absolute Gasteiger partial charge is 0.493 e. The standard InChI is InChI=1S/C20H22N2O5S/c1-5-9-27-14-7-6-13(11-15(14)25-3)18-17(19(24)26-4)12(2)21-20-22(18)16(23)8-10-28-20/h5-7,11,18H,1,8-10H2,2-4H3. The van der Waals surface area contributed by atoms with Gasteiger partial charge in [-0.25, -0.2) is 9.79 Å². The van der Waals surface area contributed by atoms with Crippen LogP contribution in [0.4, 0.5) is 0 Å². The van der Waals surface area contributed by atoms with Gasteiger partial charge in [0.1, 0.15) is 6.61 Å². The van der Waals surface area contributed by atoms with E-state index in [4.69, 9.17) is 14.2 Å². The number of thioether (sulfide) groups is 1. The molecule has 1 atom stereocenters. The fraction of sp³-hybridized carbons (Fsp3) is 0.350. The maximum absolute atomic E-state index is 12.7. The molecule has 0 radical (unpaired) electrons. The van der Waals surface area contributed by atoms with Gasteiger partial charge in [0.15, 0.2) is 16.7 Å². The third-order valence-corrected chi connectivity index (χ3v) is 5.43. The number of benzene rings is 1. The van der Waals surface area contributed by atoms with Crippen LogP contribution < -0.4 is 9.47 Å². The molecular weight excluding hydrogens is 380 g/mol. The molecule has 0 N–H and O–H groups in total. The van der Waals surface area contributed by atoms with Crippen molar-refractivity contribution >= 4 is 28.8 Å². The Balaban J connectivity index is 2.12. The molecule has 3 rings (SSSR count). The Kier molecular flexibility index (Phi) is 6.08. The lowest BCUT2D eigenvalue weighted by molar-refractivity contribution is -0.137. The number of aliphatic imine (C=N–C) groups is 1. The first-order valence-electron chi connectivity index (χ1n) is 8.76. The molecule has 0 aliphatic carbocycles. The Morgan fingerprint density at radius 1 is 1.39 bits per heavy atom. The van der Waals surface area contributed by atoms with Gasteiger partial charge in [-0.3, -0.25) is 9.69 Å². The summed E-state index contributed by atoms with van der Waals surface area (Å²) in [5.74, 6) is 1.12. The van der Waals surface area contributed by atoms with Gasteiger partial charge in [0, 0.05) is 12.2 Å². The third-order valence-electron chi connectivity index (χ3n) is 4.47. The van der Waals surface area contributed by atoms with Crippen molar-refractivity contribution in [1.29, 1.82) is 0 Å². The number of amidine groups is 1. The van der Waals surface area contributed by atoms with E-state index in [1.54, 1.807) is 30.0 Å². The highest BCUT2D eigenvalue weighted by Gasteiger charge is 2.41. The van der Waals surface area contributed by atoms with Crippen molar-refractivity contribution in [1.82, 2.24) is 4.90 Å². The summed E-state index contributed by atoms with van der Waals surface area (Å²) in [6.07, 6.45) is 2.02. The van der Waals surface area contributed by atoms with E-state index in [0.717, 1.165) is 0 Å². The van der Waals surface area contributed by atoms with Crippen LogP contribution in [0.5, 0.6) is 11.5 Å². The van der Waals surface area contributed by atoms with E-state index in [0.29, 0.717) is 52.3 Å². The number of hydrogen-bond acceptors (Lipinski definition) is 7. The van der Waals surface area contributed by atoms with Crippen LogP contribution in [-0.4, -0.2) is 48.5 Å². The summed E-state index contributed by atoms with van der Waals surface area (Å²) in [7, 11) is 2.86. The Morgan fingerprint density at radius 2 is 2.18 bits per heavy atom. The van der Waals surface area contributed by atoms with Crippen molar-refractivity contribution in [2.45, 2.75) is 19.4 Å². The highest BCUT2D eigenvalue weighted by atomic mass is 32.2. The Bertz CT molecular complexity index is 877. The van der Waals surface area contributed by atoms with Gasteiger partial charge < -0.3 is 14.2 Å². The average molecular weight is 402 g/mol. The summed E-state index contributed by atoms with van der Waals surface area (Å²) < 4.78 is 16.0. The predicted octanol–water partition coefficient (Wildman–Crippen LogP) is 3.08. The lowest BCUT2D eigenvalue weighted by atomic mass is 9.94. The minimum absolute atomic E-state index is 0.0812. The van der Waals surface area contributed by atoms with Crippen LogP contribution in [0.3, 0.4) is 0 Å². The fourth-order valence-corrected chi connectivity index (χ4v) is 4.21. The number of amides is 1. The first-order chi connectivity index (χ1) is 13.5. The van der Waals surface area contributed by atoms with E-state index in [1.807, 2.05) is 6.07 Å². The smallest absolute Gasteiger partial charge is 0.338 e. The van der Waals surface area contributed by atoms with Gasteiger partial charge in [0.05, 0.1) is 31.5 Å². The molecule has 1 saturated heterocycles. The molecule has 1 aromatic rings. The number of methoxy groups -OCH3 is 2. The molecule has 2 aliphatic heterocycles. The maximum atomic E-state index is 12.7. The van der Waals surface area contributed by atoms with Crippen molar-refractivity contribution in [3.05, 3.63) is 47.7 Å². The normalized spacial score (nSPS) is 19.0. The molecule has 7 nitrogen and oxygen atoms in total. The molecule has 28 heavy (non-hydrogen) atoms. The number of esters is 1. The van der Waals surface area contributed by atoms with Crippen molar-refractivity contribution in [2.75, 3.05) is 26.6 Å². The number of carbonyl (C=O) groups excluding carboxylic acids is 2. The summed E-state index contributed by atoms with van der Waals surface area (Å²) in [6, 6.07) is 4.71. The van der Waals surface area contributed by atoms with Crippen molar-refractivity contribution in [3.8, 4) is 11.5 Å². The molecular formula is C20H22N2O5S. The molecule has 1 aromatic carbocycles. The first kappa shape index (κ1) is 20.0. The monoisotopic (exact) mass is 402 g/mol. The highest BCUT2D eigenvalue weighted by molar-refractivity contribution is 8.14. The van der Waals surface area contributed by atoms with Gasteiger partial charge in [0.25, 0.3) is 0 Å². The van der Waals surface area contributed by atoms with Crippen molar-refractivity contribution in [3.63, 3.8) is 0 Å². The van der Waals surface area contributed by atoms with E-state index in [2.05, 4.69) is 11.6 Å². The van der Waals surface area contributed by atoms with Crippen LogP contribution in [0.2, 0.25) is 0 Å². The zero-order valence-corrected chi connectivity index (χ0v) is 16.9. The minimum Gasteiger partial charge on any atom is -0.493 e. The fourth-order valence-electron chi connectivity index (χ4n) is 3.20. The molecule has 0 bridgehead atoms. The minimum atomic E-state index is -0.636. The van der Waals surface area contributed by atoms with Gasteiger partial charge in [-0.15, -0.1) is 0 Å². The van der Waals surface area contributed by atoms with Crippen LogP contribution in [0.1, 0.15) is 24.9 Å². The second-order valence-electron chi connectivity index (χ2n) is 6.16. The Morgan fingerprint density at radius 3 is 2.86 bits per heavy atom. The number of hydrogen-bond donors (Lipinski definition) is 0. The molecule has 2 aliphatic rings. The lowest BCUT2D eigenvalue weighted by Crippen LogP contribution is -2.45. The highest BCUT2D eigenvalue weighted by Crippen LogP contribution is 2.42. The molecule has 1 fully saturated rings. The van der Waals surface area contributed by atoms with E-state index in [1.165, 1.54) is 26.0 Å². The zero-order valence-electron chi connectivity index (χ0n) is 16.1. The number of carbonyl (C=O) groups is 2. The van der Waals surface area contributed by atoms with Crippen LogP contribution in [0.15, 0.2) is 47.1 Å². The number of allylic oxidation sites excluding steroid dienone is 1. The lowest BCUT2D eigenvalue weighted by Gasteiger charge is -2.38. The average Bonchev–Trinajstić information content (AvgIpc) is 2.70. The van der Waals surface area contributed by atoms with Gasteiger partial charge >= 0.3 is 5.97 Å². The van der Waals surface area contributed by atoms with Crippen LogP contribution in [-0.2, 0) is 14.3 Å². The Hall–Kier alpha value is -2.74. The Labute approximate surface area is 168 Å². The summed E-state index contributed by atoms with van der Waals surface area (Å²) in [5, 5.41) is 0.595. The van der Waals surface area contributed by atoms with Gasteiger partial charge in [-0.1, -0.05) is 30.5 Å². The quantitative estimate of drug-likeness (QED) is 0.538.